The van der Waals surface area contributed by atoms with Crippen LogP contribution in [0.2, 0.25) is 5.02 Å². The fourth-order valence-electron chi connectivity index (χ4n) is 4.44. The Morgan fingerprint density at radius 1 is 1.17 bits per heavy atom. The molecule has 0 spiro atoms. The third-order valence-electron chi connectivity index (χ3n) is 6.38. The first kappa shape index (κ1) is 30.7. The second kappa shape index (κ2) is 12.3. The van der Waals surface area contributed by atoms with Crippen molar-refractivity contribution in [3.63, 3.8) is 0 Å². The zero-order valence-corrected chi connectivity index (χ0v) is 23.6. The van der Waals surface area contributed by atoms with Crippen LogP contribution in [-0.2, 0) is 16.2 Å². The van der Waals surface area contributed by atoms with Crippen molar-refractivity contribution in [2.75, 3.05) is 25.0 Å². The van der Waals surface area contributed by atoms with Crippen molar-refractivity contribution in [3.8, 4) is 11.5 Å². The number of anilines is 1. The van der Waals surface area contributed by atoms with Crippen molar-refractivity contribution < 1.29 is 35.5 Å². The van der Waals surface area contributed by atoms with E-state index in [-0.39, 0.29) is 33.6 Å². The van der Waals surface area contributed by atoms with Gasteiger partial charge < -0.3 is 15.0 Å². The number of benzene rings is 2. The lowest BCUT2D eigenvalue weighted by Crippen LogP contribution is -2.37. The number of hydrogen-bond donors (Lipinski definition) is 2. The highest BCUT2D eigenvalue weighted by atomic mass is 35.5. The third kappa shape index (κ3) is 7.53. The normalized spacial score (nSPS) is 16.1. The third-order valence-corrected chi connectivity index (χ3v) is 8.11. The molecule has 1 saturated heterocycles. The van der Waals surface area contributed by atoms with Crippen LogP contribution < -0.4 is 14.8 Å². The number of nitrogens with zero attached hydrogens (tertiary/aromatic N) is 2. The summed E-state index contributed by atoms with van der Waals surface area (Å²) in [4.78, 5) is 19.3. The van der Waals surface area contributed by atoms with Gasteiger partial charge in [0.05, 0.1) is 16.1 Å². The molecule has 3 aromatic rings. The van der Waals surface area contributed by atoms with Crippen LogP contribution in [0.1, 0.15) is 41.3 Å². The van der Waals surface area contributed by atoms with E-state index >= 15 is 0 Å². The van der Waals surface area contributed by atoms with E-state index in [0.29, 0.717) is 19.0 Å². The van der Waals surface area contributed by atoms with Crippen LogP contribution in [0.5, 0.6) is 11.5 Å². The zero-order valence-electron chi connectivity index (χ0n) is 22.1. The lowest BCUT2D eigenvalue weighted by Gasteiger charge is -2.17. The predicted octanol–water partition coefficient (Wildman–Crippen LogP) is 6.01. The maximum absolute atomic E-state index is 13.6. The van der Waals surface area contributed by atoms with Crippen LogP contribution in [0, 0.1) is 12.7 Å². The molecule has 0 bridgehead atoms. The zero-order chi connectivity index (χ0) is 29.9. The summed E-state index contributed by atoms with van der Waals surface area (Å²) in [5, 5.41) is 1.38. The molecule has 2 N–H and O–H groups in total. The number of amides is 1. The molecule has 0 radical (unpaired) electrons. The Bertz CT molecular complexity index is 1550. The fraction of sp³-hybridized carbons (Fsp3) is 0.333. The summed E-state index contributed by atoms with van der Waals surface area (Å²) in [5.74, 6) is -1.98. The summed E-state index contributed by atoms with van der Waals surface area (Å²) in [7, 11) is -4.03. The van der Waals surface area contributed by atoms with Gasteiger partial charge in [-0.2, -0.15) is 13.2 Å². The van der Waals surface area contributed by atoms with Gasteiger partial charge in [-0.15, -0.1) is 0 Å². The molecule has 1 amide bonds. The lowest BCUT2D eigenvalue weighted by atomic mass is 10.1. The second-order valence-corrected chi connectivity index (χ2v) is 11.7. The molecular formula is C27H27ClF4N4O4S. The highest BCUT2D eigenvalue weighted by Gasteiger charge is 2.35. The molecular weight excluding hydrogens is 588 g/mol. The number of aromatic nitrogens is 1. The largest absolute Gasteiger partial charge is 0.456 e. The maximum Gasteiger partial charge on any atom is 0.417 e. The molecule has 0 saturated carbocycles. The minimum Gasteiger partial charge on any atom is -0.456 e. The quantitative estimate of drug-likeness (QED) is 0.287. The number of carbonyl (C=O) groups excluding carboxylic acids is 1. The number of ether oxygens (including phenoxy) is 1. The molecule has 1 unspecified atom stereocenters. The van der Waals surface area contributed by atoms with E-state index in [4.69, 9.17) is 16.3 Å². The SMILES string of the molecule is CCCN1CCC(NS(=O)(=O)c2cc(NC(=O)c3cc(Cl)c(C(F)(F)F)cc3Oc3ccc(F)cc3C)ccn2)C1. The Balaban J connectivity index is 1.60. The molecule has 8 nitrogen and oxygen atoms in total. The number of alkyl halides is 3. The Kier molecular flexibility index (Phi) is 9.22. The molecule has 2 heterocycles. The van der Waals surface area contributed by atoms with Gasteiger partial charge in [-0.3, -0.25) is 4.79 Å². The van der Waals surface area contributed by atoms with Gasteiger partial charge in [-0.05, 0) is 74.8 Å². The number of pyridine rings is 1. The average molecular weight is 615 g/mol. The van der Waals surface area contributed by atoms with Crippen molar-refractivity contribution in [2.24, 2.45) is 0 Å². The number of aryl methyl sites for hydroxylation is 1. The van der Waals surface area contributed by atoms with E-state index in [1.807, 2.05) is 6.92 Å². The van der Waals surface area contributed by atoms with E-state index in [1.165, 1.54) is 25.3 Å². The average Bonchev–Trinajstić information content (AvgIpc) is 3.32. The summed E-state index contributed by atoms with van der Waals surface area (Å²) >= 11 is 5.88. The number of rotatable bonds is 9. The lowest BCUT2D eigenvalue weighted by molar-refractivity contribution is -0.137. The first-order chi connectivity index (χ1) is 19.3. The number of carbonyl (C=O) groups is 1. The summed E-state index contributed by atoms with van der Waals surface area (Å²) in [6.07, 6.45) is -2.08. The summed E-state index contributed by atoms with van der Waals surface area (Å²) in [6.45, 7) is 5.71. The van der Waals surface area contributed by atoms with Gasteiger partial charge in [0.2, 0.25) is 0 Å². The van der Waals surface area contributed by atoms with Gasteiger partial charge in [-0.25, -0.2) is 22.5 Å². The standard InChI is InChI=1S/C27H27ClF4N4O4S/c1-3-9-36-10-7-19(15-36)35-41(38,39)25-12-18(6-8-33-25)34-26(37)20-13-22(28)21(27(30,31)32)14-24(20)40-23-5-4-17(29)11-16(23)2/h4-6,8,11-14,19,35H,3,7,9-10,15H2,1-2H3,(H,33,34,37). The van der Waals surface area contributed by atoms with Gasteiger partial charge in [0.25, 0.3) is 15.9 Å². The molecule has 14 heteroatoms. The van der Waals surface area contributed by atoms with Crippen molar-refractivity contribution in [1.29, 1.82) is 0 Å². The summed E-state index contributed by atoms with van der Waals surface area (Å²) in [5.41, 5.74) is -1.31. The summed E-state index contributed by atoms with van der Waals surface area (Å²) < 4.78 is 88.5. The van der Waals surface area contributed by atoms with Crippen LogP contribution in [-0.4, -0.2) is 49.9 Å². The van der Waals surface area contributed by atoms with E-state index in [2.05, 4.69) is 19.9 Å². The van der Waals surface area contributed by atoms with Gasteiger partial charge >= 0.3 is 6.18 Å². The van der Waals surface area contributed by atoms with Crippen molar-refractivity contribution in [2.45, 2.75) is 43.9 Å². The molecule has 1 fully saturated rings. The fourth-order valence-corrected chi connectivity index (χ4v) is 5.94. The topological polar surface area (TPSA) is 101 Å². The smallest absolute Gasteiger partial charge is 0.417 e. The van der Waals surface area contributed by atoms with E-state index in [1.54, 1.807) is 0 Å². The van der Waals surface area contributed by atoms with Crippen molar-refractivity contribution in [1.82, 2.24) is 14.6 Å². The molecule has 1 aliphatic rings. The first-order valence-corrected chi connectivity index (χ1v) is 14.5. The van der Waals surface area contributed by atoms with Crippen molar-refractivity contribution in [3.05, 3.63) is 76.2 Å². The van der Waals surface area contributed by atoms with Gasteiger partial charge in [-0.1, -0.05) is 18.5 Å². The molecule has 41 heavy (non-hydrogen) atoms. The Morgan fingerprint density at radius 2 is 1.93 bits per heavy atom. The monoisotopic (exact) mass is 614 g/mol. The Hall–Kier alpha value is -3.26. The Morgan fingerprint density at radius 3 is 2.61 bits per heavy atom. The highest BCUT2D eigenvalue weighted by molar-refractivity contribution is 7.89. The predicted molar refractivity (Wildman–Crippen MR) is 145 cm³/mol. The molecule has 2 aromatic carbocycles. The number of nitrogens with one attached hydrogen (secondary N) is 2. The van der Waals surface area contributed by atoms with Crippen LogP contribution in [0.25, 0.3) is 0 Å². The molecule has 220 valence electrons. The number of likely N-dealkylation sites (tertiary alicyclic amines) is 1. The highest BCUT2D eigenvalue weighted by Crippen LogP contribution is 2.40. The Labute approximate surface area is 239 Å². The number of hydrogen-bond acceptors (Lipinski definition) is 6. The molecule has 1 aliphatic heterocycles. The molecule has 4 rings (SSSR count). The van der Waals surface area contributed by atoms with Crippen LogP contribution in [0.3, 0.4) is 0 Å². The molecule has 1 aromatic heterocycles. The second-order valence-electron chi connectivity index (χ2n) is 9.58. The minimum absolute atomic E-state index is 0.0173. The summed E-state index contributed by atoms with van der Waals surface area (Å²) in [6, 6.07) is 6.94. The van der Waals surface area contributed by atoms with Crippen molar-refractivity contribution >= 4 is 33.2 Å². The van der Waals surface area contributed by atoms with Gasteiger partial charge in [0.15, 0.2) is 5.03 Å². The maximum atomic E-state index is 13.6. The first-order valence-electron chi connectivity index (χ1n) is 12.6. The van der Waals surface area contributed by atoms with Crippen LogP contribution >= 0.6 is 11.6 Å². The number of halogens is 5. The van der Waals surface area contributed by atoms with E-state index < -0.39 is 44.3 Å². The number of sulfonamides is 1. The van der Waals surface area contributed by atoms with Gasteiger partial charge in [0, 0.05) is 30.5 Å². The van der Waals surface area contributed by atoms with Crippen LogP contribution in [0.4, 0.5) is 23.2 Å². The van der Waals surface area contributed by atoms with Gasteiger partial charge in [0.1, 0.15) is 17.3 Å². The molecule has 0 aliphatic carbocycles. The van der Waals surface area contributed by atoms with E-state index in [0.717, 1.165) is 43.8 Å². The van der Waals surface area contributed by atoms with E-state index in [9.17, 15) is 30.8 Å². The molecule has 1 atom stereocenters. The minimum atomic E-state index is -4.85. The van der Waals surface area contributed by atoms with Crippen LogP contribution in [0.15, 0.2) is 53.7 Å².